The van der Waals surface area contributed by atoms with Crippen LogP contribution in [-0.4, -0.2) is 5.79 Å². The summed E-state index contributed by atoms with van der Waals surface area (Å²) < 4.78 is 0. The molecule has 1 saturated heterocycles. The lowest BCUT2D eigenvalue weighted by atomic mass is 9.51. The second kappa shape index (κ2) is 2.78. The molecule has 0 unspecified atom stereocenters. The van der Waals surface area contributed by atoms with Crippen molar-refractivity contribution in [2.45, 2.75) is 66.6 Å². The lowest BCUT2D eigenvalue weighted by molar-refractivity contribution is -0.0871. The van der Waals surface area contributed by atoms with Crippen molar-refractivity contribution in [1.82, 2.24) is 0 Å². The molecule has 2 nitrogen and oxygen atoms in total. The largest absolute Gasteiger partial charge is 0.240 e. The molecule has 0 aromatic rings. The van der Waals surface area contributed by atoms with Crippen molar-refractivity contribution in [2.24, 2.45) is 16.2 Å². The molecule has 0 amide bonds. The third-order valence-electron chi connectivity index (χ3n) is 4.55. The molecule has 1 saturated carbocycles. The summed E-state index contributed by atoms with van der Waals surface area (Å²) in [6, 6.07) is 0. The lowest BCUT2D eigenvalue weighted by Gasteiger charge is -2.52. The summed E-state index contributed by atoms with van der Waals surface area (Å²) in [6.45, 7) is 13.9. The van der Waals surface area contributed by atoms with Crippen LogP contribution in [-0.2, 0) is 9.78 Å². The Morgan fingerprint density at radius 1 is 0.800 bits per heavy atom. The van der Waals surface area contributed by atoms with Crippen molar-refractivity contribution in [3.63, 3.8) is 0 Å². The van der Waals surface area contributed by atoms with Gasteiger partial charge < -0.3 is 0 Å². The van der Waals surface area contributed by atoms with E-state index >= 15 is 0 Å². The van der Waals surface area contributed by atoms with Crippen LogP contribution in [0.3, 0.4) is 0 Å². The molecular weight excluding hydrogens is 188 g/mol. The Kier molecular flexibility index (Phi) is 2.11. The fourth-order valence-corrected chi connectivity index (χ4v) is 4.28. The molecule has 0 bridgehead atoms. The minimum Gasteiger partial charge on any atom is -0.194 e. The molecule has 1 heterocycles. The second-order valence-corrected chi connectivity index (χ2v) is 7.18. The molecule has 0 N–H and O–H groups in total. The van der Waals surface area contributed by atoms with Gasteiger partial charge in [-0.05, 0) is 23.7 Å². The number of rotatable bonds is 0. The van der Waals surface area contributed by atoms with Gasteiger partial charge in [0.25, 0.3) is 0 Å². The lowest BCUT2D eigenvalue weighted by Crippen LogP contribution is -2.53. The van der Waals surface area contributed by atoms with Gasteiger partial charge >= 0.3 is 0 Å². The molecule has 15 heavy (non-hydrogen) atoms. The van der Waals surface area contributed by atoms with Crippen molar-refractivity contribution >= 4 is 0 Å². The fourth-order valence-electron chi connectivity index (χ4n) is 4.28. The van der Waals surface area contributed by atoms with Crippen LogP contribution < -0.4 is 0 Å². The van der Waals surface area contributed by atoms with Gasteiger partial charge in [-0.1, -0.05) is 41.5 Å². The van der Waals surface area contributed by atoms with Crippen molar-refractivity contribution in [2.75, 3.05) is 0 Å². The SMILES string of the molecule is CC(C)(C)C1(C(C)(C)C)CCCC12OO2. The topological polar surface area (TPSA) is 25.1 Å². The van der Waals surface area contributed by atoms with E-state index in [4.69, 9.17) is 9.78 Å². The Morgan fingerprint density at radius 2 is 1.27 bits per heavy atom. The minimum absolute atomic E-state index is 0.132. The fraction of sp³-hybridized carbons (Fsp3) is 1.00. The minimum atomic E-state index is -0.274. The van der Waals surface area contributed by atoms with Crippen LogP contribution in [0, 0.1) is 16.2 Å². The van der Waals surface area contributed by atoms with Gasteiger partial charge in [0.1, 0.15) is 0 Å². The van der Waals surface area contributed by atoms with E-state index in [1.165, 1.54) is 12.8 Å². The molecule has 0 atom stereocenters. The maximum atomic E-state index is 5.43. The monoisotopic (exact) mass is 212 g/mol. The molecule has 0 radical (unpaired) electrons. The molecule has 1 aliphatic heterocycles. The van der Waals surface area contributed by atoms with Crippen molar-refractivity contribution < 1.29 is 9.78 Å². The normalized spacial score (nSPS) is 28.4. The van der Waals surface area contributed by atoms with Gasteiger partial charge in [-0.3, -0.25) is 0 Å². The molecule has 1 aliphatic carbocycles. The number of hydrogen-bond donors (Lipinski definition) is 0. The molecule has 2 fully saturated rings. The van der Waals surface area contributed by atoms with Gasteiger partial charge in [0.15, 0.2) is 0 Å². The summed E-state index contributed by atoms with van der Waals surface area (Å²) in [5, 5.41) is 0. The van der Waals surface area contributed by atoms with E-state index in [9.17, 15) is 0 Å². The Morgan fingerprint density at radius 3 is 1.53 bits per heavy atom. The van der Waals surface area contributed by atoms with Gasteiger partial charge in [0.2, 0.25) is 5.79 Å². The molecule has 88 valence electrons. The molecule has 0 aromatic heterocycles. The van der Waals surface area contributed by atoms with Crippen LogP contribution in [0.15, 0.2) is 0 Å². The van der Waals surface area contributed by atoms with Gasteiger partial charge in [-0.2, -0.15) is 9.78 Å². The van der Waals surface area contributed by atoms with Crippen LogP contribution in [0.2, 0.25) is 0 Å². The highest BCUT2D eigenvalue weighted by Crippen LogP contribution is 2.71. The highest BCUT2D eigenvalue weighted by Gasteiger charge is 2.75. The predicted octanol–water partition coefficient (Wildman–Crippen LogP) is 3.91. The molecule has 0 aromatic carbocycles. The summed E-state index contributed by atoms with van der Waals surface area (Å²) in [5.74, 6) is -0.274. The standard InChI is InChI=1S/C13H24O2/c1-10(2,3)12(11(4,5)6)8-7-9-13(12)14-15-13/h7-9H2,1-6H3. The zero-order chi connectivity index (χ0) is 11.5. The first-order valence-electron chi connectivity index (χ1n) is 6.03. The summed E-state index contributed by atoms with van der Waals surface area (Å²) in [6.07, 6.45) is 3.48. The predicted molar refractivity (Wildman–Crippen MR) is 60.1 cm³/mol. The molecule has 2 rings (SSSR count). The van der Waals surface area contributed by atoms with E-state index in [2.05, 4.69) is 41.5 Å². The Labute approximate surface area is 93.3 Å². The maximum Gasteiger partial charge on any atom is 0.240 e. The van der Waals surface area contributed by atoms with Crippen molar-refractivity contribution in [3.8, 4) is 0 Å². The van der Waals surface area contributed by atoms with Crippen LogP contribution >= 0.6 is 0 Å². The van der Waals surface area contributed by atoms with Crippen molar-refractivity contribution in [3.05, 3.63) is 0 Å². The van der Waals surface area contributed by atoms with Crippen LogP contribution in [0.1, 0.15) is 60.8 Å². The van der Waals surface area contributed by atoms with E-state index in [0.717, 1.165) is 6.42 Å². The first-order chi connectivity index (χ1) is 6.66. The van der Waals surface area contributed by atoms with Crippen LogP contribution in [0.25, 0.3) is 0 Å². The summed E-state index contributed by atoms with van der Waals surface area (Å²) in [5.41, 5.74) is 0.545. The zero-order valence-corrected chi connectivity index (χ0v) is 10.9. The van der Waals surface area contributed by atoms with Crippen LogP contribution in [0.5, 0.6) is 0 Å². The Bertz CT molecular complexity index is 249. The van der Waals surface area contributed by atoms with Gasteiger partial charge in [0, 0.05) is 11.8 Å². The summed E-state index contributed by atoms with van der Waals surface area (Å²) in [4.78, 5) is 10.9. The molecule has 2 aliphatic rings. The van der Waals surface area contributed by atoms with Gasteiger partial charge in [0.05, 0.1) is 0 Å². The average Bonchev–Trinajstić information content (AvgIpc) is 2.57. The highest BCUT2D eigenvalue weighted by molar-refractivity contribution is 5.13. The Hall–Kier alpha value is -0.0800. The third-order valence-corrected chi connectivity index (χ3v) is 4.55. The number of hydrogen-bond acceptors (Lipinski definition) is 2. The van der Waals surface area contributed by atoms with E-state index in [-0.39, 0.29) is 22.0 Å². The Balaban J connectivity index is 2.50. The zero-order valence-electron chi connectivity index (χ0n) is 10.9. The summed E-state index contributed by atoms with van der Waals surface area (Å²) in [7, 11) is 0. The van der Waals surface area contributed by atoms with E-state index in [0.29, 0.717) is 0 Å². The van der Waals surface area contributed by atoms with E-state index in [1.54, 1.807) is 0 Å². The molecule has 2 heteroatoms. The summed E-state index contributed by atoms with van der Waals surface area (Å²) >= 11 is 0. The quantitative estimate of drug-likeness (QED) is 0.449. The smallest absolute Gasteiger partial charge is 0.194 e. The second-order valence-electron chi connectivity index (χ2n) is 7.18. The van der Waals surface area contributed by atoms with Gasteiger partial charge in [-0.15, -0.1) is 0 Å². The maximum absolute atomic E-state index is 5.43. The average molecular weight is 212 g/mol. The van der Waals surface area contributed by atoms with Gasteiger partial charge in [-0.25, -0.2) is 0 Å². The first-order valence-corrected chi connectivity index (χ1v) is 6.03. The van der Waals surface area contributed by atoms with E-state index < -0.39 is 0 Å². The molecule has 1 spiro atoms. The first kappa shape index (κ1) is 11.4. The third kappa shape index (κ3) is 1.24. The van der Waals surface area contributed by atoms with E-state index in [1.807, 2.05) is 0 Å². The molecular formula is C13H24O2. The van der Waals surface area contributed by atoms with Crippen molar-refractivity contribution in [1.29, 1.82) is 0 Å². The highest BCUT2D eigenvalue weighted by atomic mass is 17.4. The van der Waals surface area contributed by atoms with Crippen LogP contribution in [0.4, 0.5) is 0 Å².